The summed E-state index contributed by atoms with van der Waals surface area (Å²) in [6, 6.07) is 13.3. The Balaban J connectivity index is 1.48. The van der Waals surface area contributed by atoms with Crippen LogP contribution in [-0.2, 0) is 11.3 Å². The van der Waals surface area contributed by atoms with Gasteiger partial charge in [-0.05, 0) is 28.6 Å². The molecule has 1 aliphatic heterocycles. The van der Waals surface area contributed by atoms with E-state index in [2.05, 4.69) is 20.4 Å². The molecule has 2 aromatic carbocycles. The first kappa shape index (κ1) is 20.1. The van der Waals surface area contributed by atoms with Gasteiger partial charge in [-0.3, -0.25) is 4.90 Å². The van der Waals surface area contributed by atoms with E-state index in [0.29, 0.717) is 34.6 Å². The molecule has 4 rings (SSSR count). The van der Waals surface area contributed by atoms with Crippen LogP contribution in [0.5, 0.6) is 5.75 Å². The van der Waals surface area contributed by atoms with Crippen molar-refractivity contribution in [2.45, 2.75) is 6.54 Å². The lowest BCUT2D eigenvalue weighted by Gasteiger charge is -2.26. The molecule has 1 aromatic heterocycles. The third-order valence-corrected chi connectivity index (χ3v) is 5.60. The highest BCUT2D eigenvalue weighted by molar-refractivity contribution is 6.43. The summed E-state index contributed by atoms with van der Waals surface area (Å²) < 4.78 is 13.1. The van der Waals surface area contributed by atoms with Crippen molar-refractivity contribution < 1.29 is 9.47 Å². The first-order chi connectivity index (χ1) is 14.2. The summed E-state index contributed by atoms with van der Waals surface area (Å²) in [5.41, 5.74) is 1.68. The zero-order valence-corrected chi connectivity index (χ0v) is 17.3. The second-order valence-electron chi connectivity index (χ2n) is 6.67. The fourth-order valence-corrected chi connectivity index (χ4v) is 3.61. The number of hydrogen-bond donors (Lipinski definition) is 0. The Bertz CT molecular complexity index is 960. The van der Waals surface area contributed by atoms with Crippen LogP contribution in [-0.4, -0.2) is 64.6 Å². The minimum atomic E-state index is 0.431. The molecule has 0 spiro atoms. The van der Waals surface area contributed by atoms with E-state index >= 15 is 0 Å². The van der Waals surface area contributed by atoms with Crippen molar-refractivity contribution in [2.75, 3.05) is 39.5 Å². The Morgan fingerprint density at radius 3 is 2.72 bits per heavy atom. The Morgan fingerprint density at radius 1 is 1.03 bits per heavy atom. The van der Waals surface area contributed by atoms with Crippen LogP contribution in [0.25, 0.3) is 11.4 Å². The molecule has 3 aromatic rings. The van der Waals surface area contributed by atoms with Crippen molar-refractivity contribution in [2.24, 2.45) is 0 Å². The van der Waals surface area contributed by atoms with Gasteiger partial charge in [-0.1, -0.05) is 47.5 Å². The lowest BCUT2D eigenvalue weighted by Crippen LogP contribution is -2.38. The van der Waals surface area contributed by atoms with Crippen LogP contribution < -0.4 is 4.74 Å². The highest BCUT2D eigenvalue weighted by Gasteiger charge is 2.16. The molecular weight excluding hydrogens is 413 g/mol. The second kappa shape index (κ2) is 9.54. The van der Waals surface area contributed by atoms with Gasteiger partial charge in [-0.25, -0.2) is 4.68 Å². The molecule has 0 aliphatic carbocycles. The van der Waals surface area contributed by atoms with Gasteiger partial charge >= 0.3 is 0 Å². The normalized spacial score (nSPS) is 14.8. The third kappa shape index (κ3) is 4.87. The van der Waals surface area contributed by atoms with Gasteiger partial charge in [0.2, 0.25) is 0 Å². The number of ether oxygens (including phenoxy) is 2. The Hall–Kier alpha value is -2.19. The van der Waals surface area contributed by atoms with Crippen LogP contribution >= 0.6 is 23.2 Å². The van der Waals surface area contributed by atoms with Crippen molar-refractivity contribution >= 4 is 23.2 Å². The number of para-hydroxylation sites is 1. The van der Waals surface area contributed by atoms with E-state index in [1.54, 1.807) is 10.7 Å². The molecule has 1 aliphatic rings. The summed E-state index contributed by atoms with van der Waals surface area (Å²) in [5, 5.41) is 13.0. The molecular formula is C20H21Cl2N5O2. The number of nitrogens with zero attached hydrogens (tertiary/aromatic N) is 5. The summed E-state index contributed by atoms with van der Waals surface area (Å²) in [7, 11) is 0. The lowest BCUT2D eigenvalue weighted by atomic mass is 10.2. The number of morpholine rings is 1. The summed E-state index contributed by atoms with van der Waals surface area (Å²) in [5.74, 6) is 1.38. The fourth-order valence-electron chi connectivity index (χ4n) is 3.23. The van der Waals surface area contributed by atoms with E-state index in [0.717, 1.165) is 44.2 Å². The van der Waals surface area contributed by atoms with Crippen LogP contribution in [0.3, 0.4) is 0 Å². The van der Waals surface area contributed by atoms with Gasteiger partial charge in [-0.15, -0.1) is 5.10 Å². The van der Waals surface area contributed by atoms with Crippen molar-refractivity contribution in [3.63, 3.8) is 0 Å². The molecule has 0 bridgehead atoms. The van der Waals surface area contributed by atoms with E-state index < -0.39 is 0 Å². The van der Waals surface area contributed by atoms with Gasteiger partial charge in [0.15, 0.2) is 5.82 Å². The van der Waals surface area contributed by atoms with Crippen molar-refractivity contribution in [3.8, 4) is 17.1 Å². The third-order valence-electron chi connectivity index (χ3n) is 4.79. The van der Waals surface area contributed by atoms with E-state index in [4.69, 9.17) is 32.7 Å². The van der Waals surface area contributed by atoms with Gasteiger partial charge in [0.25, 0.3) is 0 Å². The number of halogens is 2. The van der Waals surface area contributed by atoms with E-state index in [1.165, 1.54) is 0 Å². The maximum absolute atomic E-state index is 6.35. The van der Waals surface area contributed by atoms with Crippen LogP contribution in [0, 0.1) is 0 Å². The molecule has 1 saturated heterocycles. The van der Waals surface area contributed by atoms with E-state index in [9.17, 15) is 0 Å². The molecule has 0 atom stereocenters. The Kier molecular flexibility index (Phi) is 6.61. The molecule has 2 heterocycles. The minimum Gasteiger partial charge on any atom is -0.492 e. The fraction of sp³-hybridized carbons (Fsp3) is 0.350. The molecule has 29 heavy (non-hydrogen) atoms. The van der Waals surface area contributed by atoms with Gasteiger partial charge in [0.1, 0.15) is 12.4 Å². The zero-order chi connectivity index (χ0) is 20.1. The van der Waals surface area contributed by atoms with Crippen molar-refractivity contribution in [1.82, 2.24) is 25.1 Å². The van der Waals surface area contributed by atoms with Crippen LogP contribution in [0.1, 0.15) is 5.56 Å². The minimum absolute atomic E-state index is 0.431. The van der Waals surface area contributed by atoms with E-state index in [1.807, 2.05) is 36.4 Å². The number of rotatable bonds is 7. The average molecular weight is 434 g/mol. The topological polar surface area (TPSA) is 65.3 Å². The molecule has 0 amide bonds. The van der Waals surface area contributed by atoms with Gasteiger partial charge < -0.3 is 9.47 Å². The number of hydrogen-bond acceptors (Lipinski definition) is 6. The molecule has 0 N–H and O–H groups in total. The first-order valence-corrected chi connectivity index (χ1v) is 10.2. The van der Waals surface area contributed by atoms with Crippen LogP contribution in [0.15, 0.2) is 42.5 Å². The number of aromatic nitrogens is 4. The molecule has 0 saturated carbocycles. The predicted octanol–water partition coefficient (Wildman–Crippen LogP) is 3.41. The molecule has 0 radical (unpaired) electrons. The first-order valence-electron chi connectivity index (χ1n) is 9.44. The van der Waals surface area contributed by atoms with E-state index in [-0.39, 0.29) is 0 Å². The zero-order valence-electron chi connectivity index (χ0n) is 15.8. The summed E-state index contributed by atoms with van der Waals surface area (Å²) in [6.45, 7) is 5.39. The van der Waals surface area contributed by atoms with Crippen LogP contribution in [0.2, 0.25) is 10.0 Å². The SMILES string of the molecule is Clc1cccc(-c2nnnn2Cc2ccccc2OCCN2CCOCC2)c1Cl. The van der Waals surface area contributed by atoms with Gasteiger partial charge in [0.05, 0.1) is 29.8 Å². The monoisotopic (exact) mass is 433 g/mol. The van der Waals surface area contributed by atoms with Crippen molar-refractivity contribution in [3.05, 3.63) is 58.1 Å². The maximum atomic E-state index is 6.35. The standard InChI is InChI=1S/C20H21Cl2N5O2/c21-17-6-3-5-16(19(17)22)20-23-24-25-27(20)14-15-4-1-2-7-18(15)29-13-10-26-8-11-28-12-9-26/h1-7H,8-14H2. The summed E-state index contributed by atoms with van der Waals surface area (Å²) in [6.07, 6.45) is 0. The number of benzene rings is 2. The summed E-state index contributed by atoms with van der Waals surface area (Å²) in [4.78, 5) is 2.34. The van der Waals surface area contributed by atoms with Gasteiger partial charge in [0, 0.05) is 30.8 Å². The molecule has 152 valence electrons. The Labute approximate surface area is 179 Å². The largest absolute Gasteiger partial charge is 0.492 e. The predicted molar refractivity (Wildman–Crippen MR) is 112 cm³/mol. The Morgan fingerprint density at radius 2 is 1.86 bits per heavy atom. The van der Waals surface area contributed by atoms with Crippen LogP contribution in [0.4, 0.5) is 0 Å². The smallest absolute Gasteiger partial charge is 0.183 e. The molecule has 9 heteroatoms. The van der Waals surface area contributed by atoms with Crippen molar-refractivity contribution in [1.29, 1.82) is 0 Å². The highest BCUT2D eigenvalue weighted by atomic mass is 35.5. The molecule has 7 nitrogen and oxygen atoms in total. The van der Waals surface area contributed by atoms with Gasteiger partial charge in [-0.2, -0.15) is 0 Å². The lowest BCUT2D eigenvalue weighted by molar-refractivity contribution is 0.0322. The number of tetrazole rings is 1. The maximum Gasteiger partial charge on any atom is 0.183 e. The second-order valence-corrected chi connectivity index (χ2v) is 7.46. The average Bonchev–Trinajstić information content (AvgIpc) is 3.20. The summed E-state index contributed by atoms with van der Waals surface area (Å²) >= 11 is 12.5. The molecule has 1 fully saturated rings. The highest BCUT2D eigenvalue weighted by Crippen LogP contribution is 2.32. The quantitative estimate of drug-likeness (QED) is 0.568. The molecule has 0 unspecified atom stereocenters.